The number of unbranched alkanes of at least 4 members (excludes halogenated alkanes) is 1. The summed E-state index contributed by atoms with van der Waals surface area (Å²) in [5.74, 6) is 1.00. The number of hydrogen-bond donors (Lipinski definition) is 2. The molecule has 3 N–H and O–H groups in total. The van der Waals surface area contributed by atoms with Gasteiger partial charge in [0.2, 0.25) is 5.91 Å². The van der Waals surface area contributed by atoms with Gasteiger partial charge in [-0.05, 0) is 43.9 Å². The quantitative estimate of drug-likeness (QED) is 0.705. The van der Waals surface area contributed by atoms with Gasteiger partial charge in [0.15, 0.2) is 0 Å². The second kappa shape index (κ2) is 8.53. The van der Waals surface area contributed by atoms with Gasteiger partial charge in [0.1, 0.15) is 5.75 Å². The second-order valence-electron chi connectivity index (χ2n) is 4.71. The Bertz CT molecular complexity index is 405. The van der Waals surface area contributed by atoms with Crippen LogP contribution in [0, 0.1) is 13.8 Å². The molecule has 0 heterocycles. The molecular formula is C15H24N2O2. The van der Waals surface area contributed by atoms with Crippen LogP contribution in [0.3, 0.4) is 0 Å². The molecule has 0 bridgehead atoms. The van der Waals surface area contributed by atoms with Crippen molar-refractivity contribution in [1.29, 1.82) is 0 Å². The standard InChI is InChI=1S/C15H24N2O2/c1-12-6-7-13(2)14(11-12)19-10-4-3-5-15(18)17-9-8-16/h6-7,11H,3-5,8-10,16H2,1-2H3,(H,17,18). The molecule has 0 unspecified atom stereocenters. The van der Waals surface area contributed by atoms with Crippen molar-refractivity contribution in [2.24, 2.45) is 5.73 Å². The number of aryl methyl sites for hydroxylation is 2. The number of nitrogens with two attached hydrogens (primary N) is 1. The first kappa shape index (κ1) is 15.5. The highest BCUT2D eigenvalue weighted by Crippen LogP contribution is 2.19. The van der Waals surface area contributed by atoms with Gasteiger partial charge in [-0.1, -0.05) is 12.1 Å². The Kier molecular flexibility index (Phi) is 6.97. The minimum absolute atomic E-state index is 0.0668. The molecule has 106 valence electrons. The normalized spacial score (nSPS) is 10.3. The highest BCUT2D eigenvalue weighted by Gasteiger charge is 2.02. The molecule has 4 nitrogen and oxygen atoms in total. The second-order valence-corrected chi connectivity index (χ2v) is 4.71. The Balaban J connectivity index is 2.17. The number of benzene rings is 1. The van der Waals surface area contributed by atoms with Gasteiger partial charge in [0.05, 0.1) is 6.61 Å². The van der Waals surface area contributed by atoms with E-state index in [1.165, 1.54) is 5.56 Å². The Hall–Kier alpha value is -1.55. The Morgan fingerprint density at radius 3 is 2.84 bits per heavy atom. The van der Waals surface area contributed by atoms with Crippen LogP contribution in [0.5, 0.6) is 5.75 Å². The molecule has 0 aromatic heterocycles. The third kappa shape index (κ3) is 6.25. The van der Waals surface area contributed by atoms with Crippen molar-refractivity contribution < 1.29 is 9.53 Å². The lowest BCUT2D eigenvalue weighted by Gasteiger charge is -2.09. The summed E-state index contributed by atoms with van der Waals surface area (Å²) in [6.45, 7) is 5.77. The molecule has 0 aliphatic heterocycles. The van der Waals surface area contributed by atoms with E-state index in [0.717, 1.165) is 24.2 Å². The molecule has 0 atom stereocenters. The average Bonchev–Trinajstić information content (AvgIpc) is 2.39. The first-order valence-electron chi connectivity index (χ1n) is 6.80. The number of nitrogens with one attached hydrogen (secondary N) is 1. The third-order valence-corrected chi connectivity index (χ3v) is 2.87. The summed E-state index contributed by atoms with van der Waals surface area (Å²) < 4.78 is 5.73. The first-order valence-corrected chi connectivity index (χ1v) is 6.80. The minimum atomic E-state index is 0.0668. The van der Waals surface area contributed by atoms with Gasteiger partial charge in [-0.15, -0.1) is 0 Å². The van der Waals surface area contributed by atoms with Crippen molar-refractivity contribution in [1.82, 2.24) is 5.32 Å². The molecule has 0 saturated heterocycles. The third-order valence-electron chi connectivity index (χ3n) is 2.87. The lowest BCUT2D eigenvalue weighted by atomic mass is 10.1. The van der Waals surface area contributed by atoms with Gasteiger partial charge in [-0.2, -0.15) is 0 Å². The van der Waals surface area contributed by atoms with Gasteiger partial charge in [-0.25, -0.2) is 0 Å². The van der Waals surface area contributed by atoms with Crippen LogP contribution in [0.1, 0.15) is 30.4 Å². The Labute approximate surface area is 115 Å². The maximum absolute atomic E-state index is 11.3. The molecule has 0 saturated carbocycles. The summed E-state index contributed by atoms with van der Waals surface area (Å²) in [6.07, 6.45) is 2.25. The highest BCUT2D eigenvalue weighted by molar-refractivity contribution is 5.75. The van der Waals surface area contributed by atoms with Crippen molar-refractivity contribution in [2.75, 3.05) is 19.7 Å². The van der Waals surface area contributed by atoms with Crippen molar-refractivity contribution in [3.8, 4) is 5.75 Å². The van der Waals surface area contributed by atoms with Crippen molar-refractivity contribution in [2.45, 2.75) is 33.1 Å². The van der Waals surface area contributed by atoms with Crippen LogP contribution in [0.15, 0.2) is 18.2 Å². The number of ether oxygens (including phenoxy) is 1. The van der Waals surface area contributed by atoms with Crippen molar-refractivity contribution in [3.05, 3.63) is 29.3 Å². The van der Waals surface area contributed by atoms with Crippen molar-refractivity contribution in [3.63, 3.8) is 0 Å². The molecule has 0 aliphatic carbocycles. The molecule has 0 spiro atoms. The van der Waals surface area contributed by atoms with Gasteiger partial charge >= 0.3 is 0 Å². The van der Waals surface area contributed by atoms with E-state index in [1.807, 2.05) is 19.9 Å². The van der Waals surface area contributed by atoms with E-state index in [1.54, 1.807) is 0 Å². The summed E-state index contributed by atoms with van der Waals surface area (Å²) >= 11 is 0. The van der Waals surface area contributed by atoms with E-state index < -0.39 is 0 Å². The summed E-state index contributed by atoms with van der Waals surface area (Å²) in [6, 6.07) is 6.18. The van der Waals surface area contributed by atoms with Crippen LogP contribution < -0.4 is 15.8 Å². The zero-order chi connectivity index (χ0) is 14.1. The molecule has 1 aromatic carbocycles. The van der Waals surface area contributed by atoms with E-state index in [0.29, 0.717) is 26.1 Å². The first-order chi connectivity index (χ1) is 9.13. The molecule has 0 aliphatic rings. The van der Waals surface area contributed by atoms with Gasteiger partial charge in [0.25, 0.3) is 0 Å². The van der Waals surface area contributed by atoms with Crippen LogP contribution in [-0.4, -0.2) is 25.6 Å². The lowest BCUT2D eigenvalue weighted by molar-refractivity contribution is -0.121. The highest BCUT2D eigenvalue weighted by atomic mass is 16.5. The monoisotopic (exact) mass is 264 g/mol. The zero-order valence-electron chi connectivity index (χ0n) is 11.9. The number of carbonyl (C=O) groups excluding carboxylic acids is 1. The number of amides is 1. The number of carbonyl (C=O) groups is 1. The smallest absolute Gasteiger partial charge is 0.220 e. The van der Waals surface area contributed by atoms with Crippen LogP contribution in [0.4, 0.5) is 0 Å². The minimum Gasteiger partial charge on any atom is -0.493 e. The van der Waals surface area contributed by atoms with Gasteiger partial charge in [0, 0.05) is 19.5 Å². The molecule has 19 heavy (non-hydrogen) atoms. The molecule has 1 aromatic rings. The van der Waals surface area contributed by atoms with Crippen LogP contribution in [0.2, 0.25) is 0 Å². The van der Waals surface area contributed by atoms with Crippen LogP contribution in [-0.2, 0) is 4.79 Å². The fourth-order valence-corrected chi connectivity index (χ4v) is 1.73. The molecule has 1 amide bonds. The van der Waals surface area contributed by atoms with E-state index in [4.69, 9.17) is 10.5 Å². The van der Waals surface area contributed by atoms with Crippen molar-refractivity contribution >= 4 is 5.91 Å². The number of hydrogen-bond acceptors (Lipinski definition) is 3. The van der Waals surface area contributed by atoms with E-state index >= 15 is 0 Å². The van der Waals surface area contributed by atoms with Gasteiger partial charge in [-0.3, -0.25) is 4.79 Å². The molecule has 4 heteroatoms. The predicted octanol–water partition coefficient (Wildman–Crippen LogP) is 1.93. The topological polar surface area (TPSA) is 64.3 Å². The fourth-order valence-electron chi connectivity index (χ4n) is 1.73. The van der Waals surface area contributed by atoms with Crippen LogP contribution >= 0.6 is 0 Å². The molecule has 0 fully saturated rings. The van der Waals surface area contributed by atoms with E-state index in [9.17, 15) is 4.79 Å². The molecule has 1 rings (SSSR count). The molecule has 0 radical (unpaired) electrons. The SMILES string of the molecule is Cc1ccc(C)c(OCCCCC(=O)NCCN)c1. The van der Waals surface area contributed by atoms with Gasteiger partial charge < -0.3 is 15.8 Å². The van der Waals surface area contributed by atoms with Crippen LogP contribution in [0.25, 0.3) is 0 Å². The molecular weight excluding hydrogens is 240 g/mol. The largest absolute Gasteiger partial charge is 0.493 e. The maximum atomic E-state index is 11.3. The summed E-state index contributed by atoms with van der Waals surface area (Å²) in [5.41, 5.74) is 7.65. The average molecular weight is 264 g/mol. The zero-order valence-corrected chi connectivity index (χ0v) is 11.9. The summed E-state index contributed by atoms with van der Waals surface area (Å²) in [5, 5.41) is 2.75. The fraction of sp³-hybridized carbons (Fsp3) is 0.533. The van der Waals surface area contributed by atoms with E-state index in [2.05, 4.69) is 17.4 Å². The van der Waals surface area contributed by atoms with E-state index in [-0.39, 0.29) is 5.91 Å². The predicted molar refractivity (Wildman–Crippen MR) is 77.3 cm³/mol. The Morgan fingerprint density at radius 2 is 2.11 bits per heavy atom. The Morgan fingerprint density at radius 1 is 1.32 bits per heavy atom. The lowest BCUT2D eigenvalue weighted by Crippen LogP contribution is -2.28. The maximum Gasteiger partial charge on any atom is 0.220 e. The number of rotatable bonds is 8. The summed E-state index contributed by atoms with van der Waals surface area (Å²) in [7, 11) is 0. The summed E-state index contributed by atoms with van der Waals surface area (Å²) in [4.78, 5) is 11.3.